The van der Waals surface area contributed by atoms with Gasteiger partial charge < -0.3 is 0 Å². The van der Waals surface area contributed by atoms with Crippen molar-refractivity contribution in [3.8, 4) is 0 Å². The molecule has 0 N–H and O–H groups in total. The Morgan fingerprint density at radius 2 is 0.935 bits per heavy atom. The van der Waals surface area contributed by atoms with Crippen LogP contribution in [0.4, 0.5) is 0 Å². The molecule has 0 amide bonds. The highest BCUT2D eigenvalue weighted by Gasteiger charge is 2.27. The van der Waals surface area contributed by atoms with E-state index in [9.17, 15) is 0 Å². The smallest absolute Gasteiger partial charge is 0.0358 e. The molecule has 0 aromatic heterocycles. The van der Waals surface area contributed by atoms with Gasteiger partial charge in [-0.3, -0.25) is 0 Å². The molecule has 0 spiro atoms. The molecule has 4 aromatic rings. The Morgan fingerprint density at radius 3 is 1.52 bits per heavy atom. The third kappa shape index (κ3) is 3.93. The topological polar surface area (TPSA) is 0 Å². The third-order valence-corrected chi connectivity index (χ3v) is 5.84. The van der Waals surface area contributed by atoms with Crippen molar-refractivity contribution in [2.75, 3.05) is 0 Å². The van der Waals surface area contributed by atoms with Crippen LogP contribution in [0.1, 0.15) is 28.2 Å². The van der Waals surface area contributed by atoms with Gasteiger partial charge in [-0.25, -0.2) is 0 Å². The molecule has 0 heterocycles. The van der Waals surface area contributed by atoms with Crippen LogP contribution in [0.5, 0.6) is 0 Å². The van der Waals surface area contributed by atoms with Gasteiger partial charge in [0.2, 0.25) is 0 Å². The molecular formula is C31H24. The molecule has 5 rings (SSSR count). The van der Waals surface area contributed by atoms with Gasteiger partial charge in [-0.05, 0) is 39.0 Å². The predicted octanol–water partition coefficient (Wildman–Crippen LogP) is 8.03. The first kappa shape index (κ1) is 19.1. The minimum absolute atomic E-state index is 0.121. The summed E-state index contributed by atoms with van der Waals surface area (Å²) < 4.78 is 0. The van der Waals surface area contributed by atoms with Gasteiger partial charge in [0.1, 0.15) is 0 Å². The number of allylic oxidation sites excluding steroid dienone is 6. The number of rotatable bonds is 4. The molecule has 0 heteroatoms. The van der Waals surface area contributed by atoms with Crippen molar-refractivity contribution in [2.24, 2.45) is 0 Å². The lowest BCUT2D eigenvalue weighted by molar-refractivity contribution is 1.12. The molecule has 1 atom stereocenters. The summed E-state index contributed by atoms with van der Waals surface area (Å²) in [6.07, 6.45) is 6.76. The average Bonchev–Trinajstić information content (AvgIpc) is 3.06. The van der Waals surface area contributed by atoms with E-state index in [1.54, 1.807) is 0 Å². The molecule has 0 saturated heterocycles. The summed E-state index contributed by atoms with van der Waals surface area (Å²) >= 11 is 0. The highest BCUT2D eigenvalue weighted by molar-refractivity contribution is 6.04. The van der Waals surface area contributed by atoms with Crippen LogP contribution >= 0.6 is 0 Å². The van der Waals surface area contributed by atoms with Gasteiger partial charge >= 0.3 is 0 Å². The molecule has 4 aromatic carbocycles. The summed E-state index contributed by atoms with van der Waals surface area (Å²) in [5, 5.41) is 0. The summed E-state index contributed by atoms with van der Waals surface area (Å²) in [7, 11) is 0. The van der Waals surface area contributed by atoms with Crippen LogP contribution < -0.4 is 0 Å². The fourth-order valence-electron chi connectivity index (χ4n) is 4.44. The lowest BCUT2D eigenvalue weighted by Gasteiger charge is -2.26. The van der Waals surface area contributed by atoms with Crippen LogP contribution in [0.15, 0.2) is 140 Å². The van der Waals surface area contributed by atoms with Crippen molar-refractivity contribution in [3.05, 3.63) is 162 Å². The predicted molar refractivity (Wildman–Crippen MR) is 132 cm³/mol. The fraction of sp³-hybridized carbons (Fsp3) is 0.0323. The van der Waals surface area contributed by atoms with Crippen LogP contribution in [0, 0.1) is 0 Å². The normalized spacial score (nSPS) is 16.0. The molecule has 0 nitrogen and oxygen atoms in total. The van der Waals surface area contributed by atoms with E-state index in [0.717, 1.165) is 0 Å². The summed E-state index contributed by atoms with van der Waals surface area (Å²) in [6.45, 7) is 0. The lowest BCUT2D eigenvalue weighted by Crippen LogP contribution is -2.07. The Bertz CT molecular complexity index is 1230. The van der Waals surface area contributed by atoms with Crippen molar-refractivity contribution in [3.63, 3.8) is 0 Å². The Balaban J connectivity index is 1.83. The molecule has 148 valence electrons. The van der Waals surface area contributed by atoms with Crippen LogP contribution in [0.2, 0.25) is 0 Å². The molecule has 0 bridgehead atoms. The zero-order valence-corrected chi connectivity index (χ0v) is 17.4. The molecule has 0 unspecified atom stereocenters. The number of benzene rings is 4. The Morgan fingerprint density at radius 1 is 0.452 bits per heavy atom. The van der Waals surface area contributed by atoms with Crippen molar-refractivity contribution < 1.29 is 0 Å². The van der Waals surface area contributed by atoms with Gasteiger partial charge in [0.15, 0.2) is 0 Å². The second kappa shape index (κ2) is 8.85. The van der Waals surface area contributed by atoms with Crippen LogP contribution in [-0.2, 0) is 0 Å². The Hall–Kier alpha value is -3.90. The van der Waals surface area contributed by atoms with E-state index < -0.39 is 0 Å². The minimum atomic E-state index is 0.121. The first-order valence-electron chi connectivity index (χ1n) is 10.8. The fourth-order valence-corrected chi connectivity index (χ4v) is 4.44. The van der Waals surface area contributed by atoms with Crippen LogP contribution in [-0.4, -0.2) is 0 Å². The van der Waals surface area contributed by atoms with Gasteiger partial charge in [0, 0.05) is 5.92 Å². The van der Waals surface area contributed by atoms with Crippen molar-refractivity contribution in [1.29, 1.82) is 0 Å². The van der Waals surface area contributed by atoms with Crippen molar-refractivity contribution in [1.82, 2.24) is 0 Å². The number of hydrogen-bond donors (Lipinski definition) is 0. The number of hydrogen-bond acceptors (Lipinski definition) is 0. The average molecular weight is 397 g/mol. The maximum Gasteiger partial charge on any atom is 0.0358 e. The zero-order chi connectivity index (χ0) is 20.9. The van der Waals surface area contributed by atoms with E-state index in [4.69, 9.17) is 0 Å². The molecule has 0 saturated carbocycles. The van der Waals surface area contributed by atoms with Crippen molar-refractivity contribution in [2.45, 2.75) is 5.92 Å². The second-order valence-electron chi connectivity index (χ2n) is 7.75. The van der Waals surface area contributed by atoms with Gasteiger partial charge in [0.05, 0.1) is 0 Å². The maximum absolute atomic E-state index is 2.28. The van der Waals surface area contributed by atoms with E-state index in [2.05, 4.69) is 140 Å². The van der Waals surface area contributed by atoms with Crippen LogP contribution in [0.3, 0.4) is 0 Å². The van der Waals surface area contributed by atoms with E-state index in [0.29, 0.717) is 0 Å². The highest BCUT2D eigenvalue weighted by Crippen LogP contribution is 2.47. The quantitative estimate of drug-likeness (QED) is 0.327. The molecule has 31 heavy (non-hydrogen) atoms. The maximum atomic E-state index is 2.28. The first-order valence-corrected chi connectivity index (χ1v) is 10.8. The first-order chi connectivity index (χ1) is 15.4. The zero-order valence-electron chi connectivity index (χ0n) is 17.4. The highest BCUT2D eigenvalue weighted by atomic mass is 14.3. The van der Waals surface area contributed by atoms with Gasteiger partial charge in [-0.1, -0.05) is 140 Å². The summed E-state index contributed by atoms with van der Waals surface area (Å²) in [5.41, 5.74) is 8.96. The second-order valence-corrected chi connectivity index (χ2v) is 7.75. The monoisotopic (exact) mass is 396 g/mol. The molecule has 1 aliphatic rings. The molecule has 0 aliphatic heterocycles. The van der Waals surface area contributed by atoms with Crippen LogP contribution in [0.25, 0.3) is 16.7 Å². The van der Waals surface area contributed by atoms with Gasteiger partial charge in [-0.15, -0.1) is 0 Å². The lowest BCUT2D eigenvalue weighted by atomic mass is 9.76. The Labute approximate surface area is 184 Å². The summed E-state index contributed by atoms with van der Waals surface area (Å²) in [6, 6.07) is 43.2. The summed E-state index contributed by atoms with van der Waals surface area (Å²) in [5.74, 6) is 0.121. The van der Waals surface area contributed by atoms with E-state index in [1.807, 2.05) is 0 Å². The van der Waals surface area contributed by atoms with E-state index in [1.165, 1.54) is 39.0 Å². The molecule has 0 fully saturated rings. The van der Waals surface area contributed by atoms with Gasteiger partial charge in [-0.2, -0.15) is 0 Å². The Kier molecular flexibility index (Phi) is 5.45. The standard InChI is InChI=1S/C31H24/c1-5-14-24(15-6-1)28-22-13-23-29(25-16-7-2-8-17-25)31(27-20-11-4-12-21-27)30(28)26-18-9-3-10-19-26/h1-23,30H/t30-/m0/s1. The van der Waals surface area contributed by atoms with E-state index >= 15 is 0 Å². The minimum Gasteiger partial charge on any atom is -0.0622 e. The third-order valence-electron chi connectivity index (χ3n) is 5.84. The molecular weight excluding hydrogens is 372 g/mol. The SMILES string of the molecule is C1=CC(c2ccccc2)=C(c2ccccc2)[C@@H](c2ccccc2)C(c2ccccc2)=C1. The van der Waals surface area contributed by atoms with E-state index in [-0.39, 0.29) is 5.92 Å². The summed E-state index contributed by atoms with van der Waals surface area (Å²) in [4.78, 5) is 0. The van der Waals surface area contributed by atoms with Crippen molar-refractivity contribution >= 4 is 16.7 Å². The molecule has 0 radical (unpaired) electrons. The molecule has 1 aliphatic carbocycles. The van der Waals surface area contributed by atoms with Gasteiger partial charge in [0.25, 0.3) is 0 Å². The largest absolute Gasteiger partial charge is 0.0622 e.